The van der Waals surface area contributed by atoms with Gasteiger partial charge >= 0.3 is 0 Å². The van der Waals surface area contributed by atoms with Crippen molar-refractivity contribution >= 4 is 5.78 Å². The Morgan fingerprint density at radius 2 is 1.67 bits per heavy atom. The number of carbonyl (C=O) groups excluding carboxylic acids is 1. The van der Waals surface area contributed by atoms with Crippen molar-refractivity contribution < 1.29 is 14.3 Å². The Balaban J connectivity index is 1.66. The van der Waals surface area contributed by atoms with Crippen LogP contribution in [-0.2, 0) is 22.6 Å². The molecular weight excluding hydrogens is 264 g/mol. The van der Waals surface area contributed by atoms with E-state index >= 15 is 0 Å². The molecule has 110 valence electrons. The molecule has 2 aromatic carbocycles. The van der Waals surface area contributed by atoms with Gasteiger partial charge in [-0.15, -0.1) is 0 Å². The molecule has 0 radical (unpaired) electrons. The van der Waals surface area contributed by atoms with E-state index in [9.17, 15) is 4.79 Å². The van der Waals surface area contributed by atoms with Crippen molar-refractivity contribution in [2.75, 3.05) is 13.7 Å². The van der Waals surface area contributed by atoms with Crippen molar-refractivity contribution in [1.29, 1.82) is 0 Å². The molecule has 0 saturated carbocycles. The van der Waals surface area contributed by atoms with E-state index in [4.69, 9.17) is 9.47 Å². The molecule has 2 rings (SSSR count). The van der Waals surface area contributed by atoms with Crippen molar-refractivity contribution in [2.24, 2.45) is 0 Å². The summed E-state index contributed by atoms with van der Waals surface area (Å²) in [6.07, 6.45) is 1.29. The first-order chi connectivity index (χ1) is 10.3. The fraction of sp³-hybridized carbons (Fsp3) is 0.278. The van der Waals surface area contributed by atoms with Crippen LogP contribution in [0.4, 0.5) is 0 Å². The van der Waals surface area contributed by atoms with E-state index in [-0.39, 0.29) is 12.4 Å². The van der Waals surface area contributed by atoms with Gasteiger partial charge in [-0.1, -0.05) is 42.5 Å². The van der Waals surface area contributed by atoms with Gasteiger partial charge in [-0.05, 0) is 29.7 Å². The number of benzene rings is 2. The van der Waals surface area contributed by atoms with Crippen LogP contribution < -0.4 is 4.74 Å². The van der Waals surface area contributed by atoms with E-state index in [0.717, 1.165) is 17.7 Å². The van der Waals surface area contributed by atoms with Crippen molar-refractivity contribution in [3.63, 3.8) is 0 Å². The average Bonchev–Trinajstić information content (AvgIpc) is 2.54. The van der Waals surface area contributed by atoms with E-state index < -0.39 is 0 Å². The topological polar surface area (TPSA) is 35.5 Å². The molecule has 0 amide bonds. The van der Waals surface area contributed by atoms with Crippen LogP contribution >= 0.6 is 0 Å². The number of hydrogen-bond donors (Lipinski definition) is 0. The third-order valence-electron chi connectivity index (χ3n) is 3.23. The minimum Gasteiger partial charge on any atom is -0.497 e. The highest BCUT2D eigenvalue weighted by atomic mass is 16.5. The number of carbonyl (C=O) groups is 1. The van der Waals surface area contributed by atoms with Crippen LogP contribution in [0.25, 0.3) is 0 Å². The van der Waals surface area contributed by atoms with Crippen LogP contribution in [0.2, 0.25) is 0 Å². The van der Waals surface area contributed by atoms with Gasteiger partial charge in [0.05, 0.1) is 13.7 Å². The molecule has 0 N–H and O–H groups in total. The Bertz CT molecular complexity index is 546. The molecule has 3 heteroatoms. The Kier molecular flexibility index (Phi) is 5.98. The normalized spacial score (nSPS) is 10.3. The van der Waals surface area contributed by atoms with Crippen molar-refractivity contribution in [1.82, 2.24) is 0 Å². The molecule has 0 atom stereocenters. The maximum Gasteiger partial charge on any atom is 0.158 e. The Morgan fingerprint density at radius 3 is 2.33 bits per heavy atom. The number of rotatable bonds is 8. The zero-order valence-electron chi connectivity index (χ0n) is 12.2. The highest BCUT2D eigenvalue weighted by molar-refractivity contribution is 5.79. The molecule has 3 nitrogen and oxygen atoms in total. The second-order valence-corrected chi connectivity index (χ2v) is 4.87. The van der Waals surface area contributed by atoms with Gasteiger partial charge in [-0.25, -0.2) is 0 Å². The van der Waals surface area contributed by atoms with Gasteiger partial charge in [0.25, 0.3) is 0 Å². The van der Waals surface area contributed by atoms with Gasteiger partial charge in [-0.3, -0.25) is 4.79 Å². The zero-order valence-corrected chi connectivity index (χ0v) is 12.2. The Labute approximate surface area is 125 Å². The van der Waals surface area contributed by atoms with E-state index in [1.165, 1.54) is 5.56 Å². The smallest absolute Gasteiger partial charge is 0.158 e. The maximum atomic E-state index is 11.8. The third kappa shape index (κ3) is 5.40. The number of hydrogen-bond acceptors (Lipinski definition) is 3. The number of aryl methyl sites for hydroxylation is 1. The summed E-state index contributed by atoms with van der Waals surface area (Å²) in [7, 11) is 1.64. The zero-order chi connectivity index (χ0) is 14.9. The van der Waals surface area contributed by atoms with Crippen LogP contribution in [0.5, 0.6) is 5.75 Å². The summed E-state index contributed by atoms with van der Waals surface area (Å²) in [5.41, 5.74) is 2.22. The number of Topliss-reactive ketones (excluding diaryl/α,β-unsaturated/α-hetero) is 1. The predicted molar refractivity (Wildman–Crippen MR) is 82.4 cm³/mol. The molecule has 2 aromatic rings. The summed E-state index contributed by atoms with van der Waals surface area (Å²) in [6, 6.07) is 17.7. The molecule has 0 heterocycles. The number of ether oxygens (including phenoxy) is 2. The Morgan fingerprint density at radius 1 is 0.952 bits per heavy atom. The van der Waals surface area contributed by atoms with Crippen LogP contribution in [0.15, 0.2) is 54.6 Å². The van der Waals surface area contributed by atoms with Crippen LogP contribution in [-0.4, -0.2) is 19.5 Å². The van der Waals surface area contributed by atoms with Crippen molar-refractivity contribution in [3.05, 3.63) is 65.7 Å². The molecule has 0 aromatic heterocycles. The first kappa shape index (κ1) is 15.3. The van der Waals surface area contributed by atoms with Gasteiger partial charge in [0, 0.05) is 6.42 Å². The van der Waals surface area contributed by atoms with Crippen LogP contribution in [0, 0.1) is 0 Å². The lowest BCUT2D eigenvalue weighted by atomic mass is 10.1. The summed E-state index contributed by atoms with van der Waals surface area (Å²) in [6.45, 7) is 0.611. The van der Waals surface area contributed by atoms with E-state index in [2.05, 4.69) is 0 Å². The molecule has 0 spiro atoms. The third-order valence-corrected chi connectivity index (χ3v) is 3.23. The molecule has 0 bridgehead atoms. The largest absolute Gasteiger partial charge is 0.497 e. The van der Waals surface area contributed by atoms with E-state index in [1.807, 2.05) is 54.6 Å². The number of methoxy groups -OCH3 is 1. The fourth-order valence-electron chi connectivity index (χ4n) is 2.01. The molecule has 0 fully saturated rings. The Hall–Kier alpha value is -2.13. The standard InChI is InChI=1S/C18H20O3/c1-20-18-11-8-16(9-12-18)13-21-14-17(19)10-7-15-5-3-2-4-6-15/h2-6,8-9,11-12H,7,10,13-14H2,1H3. The van der Waals surface area contributed by atoms with Gasteiger partial charge in [-0.2, -0.15) is 0 Å². The first-order valence-corrected chi connectivity index (χ1v) is 7.04. The second kappa shape index (κ2) is 8.22. The molecule has 0 aliphatic heterocycles. The first-order valence-electron chi connectivity index (χ1n) is 7.04. The SMILES string of the molecule is COc1ccc(COCC(=O)CCc2ccccc2)cc1. The van der Waals surface area contributed by atoms with Crippen LogP contribution in [0.3, 0.4) is 0 Å². The quantitative estimate of drug-likeness (QED) is 0.745. The minimum atomic E-state index is 0.132. The molecule has 21 heavy (non-hydrogen) atoms. The summed E-state index contributed by atoms with van der Waals surface area (Å²) in [5.74, 6) is 0.949. The molecular formula is C18H20O3. The summed E-state index contributed by atoms with van der Waals surface area (Å²) < 4.78 is 10.5. The fourth-order valence-corrected chi connectivity index (χ4v) is 2.01. The highest BCUT2D eigenvalue weighted by Gasteiger charge is 2.03. The van der Waals surface area contributed by atoms with Crippen LogP contribution in [0.1, 0.15) is 17.5 Å². The number of ketones is 1. The summed E-state index contributed by atoms with van der Waals surface area (Å²) in [4.78, 5) is 11.8. The molecule has 0 aliphatic rings. The van der Waals surface area contributed by atoms with Gasteiger partial charge in [0.15, 0.2) is 5.78 Å². The van der Waals surface area contributed by atoms with E-state index in [1.54, 1.807) is 7.11 Å². The van der Waals surface area contributed by atoms with Gasteiger partial charge in [0.2, 0.25) is 0 Å². The molecule has 0 aliphatic carbocycles. The van der Waals surface area contributed by atoms with Crippen molar-refractivity contribution in [3.8, 4) is 5.75 Å². The lowest BCUT2D eigenvalue weighted by molar-refractivity contribution is -0.123. The lowest BCUT2D eigenvalue weighted by Crippen LogP contribution is -2.09. The lowest BCUT2D eigenvalue weighted by Gasteiger charge is -2.05. The second-order valence-electron chi connectivity index (χ2n) is 4.87. The molecule has 0 unspecified atom stereocenters. The predicted octanol–water partition coefficient (Wildman–Crippen LogP) is 3.41. The monoisotopic (exact) mass is 284 g/mol. The van der Waals surface area contributed by atoms with Gasteiger partial charge in [0.1, 0.15) is 12.4 Å². The van der Waals surface area contributed by atoms with Gasteiger partial charge < -0.3 is 9.47 Å². The highest BCUT2D eigenvalue weighted by Crippen LogP contribution is 2.12. The average molecular weight is 284 g/mol. The summed E-state index contributed by atoms with van der Waals surface area (Å²) >= 11 is 0. The van der Waals surface area contributed by atoms with E-state index in [0.29, 0.717) is 13.0 Å². The maximum absolute atomic E-state index is 11.8. The van der Waals surface area contributed by atoms with Crippen molar-refractivity contribution in [2.45, 2.75) is 19.4 Å². The summed E-state index contributed by atoms with van der Waals surface area (Å²) in [5, 5.41) is 0. The molecule has 0 saturated heterocycles. The minimum absolute atomic E-state index is 0.132.